The van der Waals surface area contributed by atoms with E-state index in [2.05, 4.69) is 37.1 Å². The summed E-state index contributed by atoms with van der Waals surface area (Å²) in [5, 5.41) is 3.40. The molecule has 0 aromatic carbocycles. The third-order valence-corrected chi connectivity index (χ3v) is 3.78. The van der Waals surface area contributed by atoms with E-state index in [0.29, 0.717) is 0 Å². The van der Waals surface area contributed by atoms with Gasteiger partial charge in [-0.05, 0) is 32.3 Å². The average Bonchev–Trinajstić information content (AvgIpc) is 2.26. The largest absolute Gasteiger partial charge is 0.372 e. The van der Waals surface area contributed by atoms with Gasteiger partial charge in [-0.2, -0.15) is 0 Å². The first-order valence-corrected chi connectivity index (χ1v) is 6.02. The standard InChI is InChI=1S/C13H22N2/c1-10-8-13(9-11(2)12(10)3)15-6-4-14-5-7-15/h8,11,14H,4-7,9H2,1-3H3. The van der Waals surface area contributed by atoms with Gasteiger partial charge in [0, 0.05) is 31.9 Å². The highest BCUT2D eigenvalue weighted by Gasteiger charge is 2.20. The van der Waals surface area contributed by atoms with Gasteiger partial charge >= 0.3 is 0 Å². The molecule has 1 N–H and O–H groups in total. The normalized spacial score (nSPS) is 28.1. The zero-order valence-electron chi connectivity index (χ0n) is 10.1. The lowest BCUT2D eigenvalue weighted by atomic mass is 9.87. The molecule has 1 unspecified atom stereocenters. The number of rotatable bonds is 1. The highest BCUT2D eigenvalue weighted by molar-refractivity contribution is 5.32. The molecule has 15 heavy (non-hydrogen) atoms. The van der Waals surface area contributed by atoms with Crippen LogP contribution < -0.4 is 5.32 Å². The minimum Gasteiger partial charge on any atom is -0.372 e. The van der Waals surface area contributed by atoms with Gasteiger partial charge in [-0.3, -0.25) is 0 Å². The van der Waals surface area contributed by atoms with E-state index in [0.717, 1.165) is 19.0 Å². The van der Waals surface area contributed by atoms with E-state index < -0.39 is 0 Å². The lowest BCUT2D eigenvalue weighted by Gasteiger charge is -2.35. The van der Waals surface area contributed by atoms with Crippen molar-refractivity contribution in [2.75, 3.05) is 26.2 Å². The molecule has 0 radical (unpaired) electrons. The van der Waals surface area contributed by atoms with Gasteiger partial charge in [0.1, 0.15) is 0 Å². The molecule has 1 atom stereocenters. The highest BCUT2D eigenvalue weighted by atomic mass is 15.2. The second-order valence-electron chi connectivity index (χ2n) is 4.84. The first kappa shape index (κ1) is 10.7. The lowest BCUT2D eigenvalue weighted by Crippen LogP contribution is -2.43. The molecule has 1 aliphatic heterocycles. The van der Waals surface area contributed by atoms with Gasteiger partial charge in [0.2, 0.25) is 0 Å². The van der Waals surface area contributed by atoms with Crippen molar-refractivity contribution in [1.29, 1.82) is 0 Å². The van der Waals surface area contributed by atoms with Gasteiger partial charge in [-0.15, -0.1) is 0 Å². The van der Waals surface area contributed by atoms with Crippen LogP contribution in [0.25, 0.3) is 0 Å². The summed E-state index contributed by atoms with van der Waals surface area (Å²) in [6.07, 6.45) is 3.61. The molecule has 0 spiro atoms. The molecule has 84 valence electrons. The predicted octanol–water partition coefficient (Wildman–Crippen LogP) is 2.15. The van der Waals surface area contributed by atoms with Crippen molar-refractivity contribution in [3.05, 3.63) is 22.9 Å². The van der Waals surface area contributed by atoms with Crippen molar-refractivity contribution < 1.29 is 0 Å². The molecule has 1 saturated heterocycles. The Bertz CT molecular complexity index is 296. The molecule has 1 fully saturated rings. The van der Waals surface area contributed by atoms with Crippen LogP contribution in [0.3, 0.4) is 0 Å². The summed E-state index contributed by atoms with van der Waals surface area (Å²) in [7, 11) is 0. The highest BCUT2D eigenvalue weighted by Crippen LogP contribution is 2.30. The van der Waals surface area contributed by atoms with Crippen LogP contribution in [0.5, 0.6) is 0 Å². The Morgan fingerprint density at radius 2 is 1.93 bits per heavy atom. The van der Waals surface area contributed by atoms with Crippen molar-refractivity contribution in [2.24, 2.45) is 5.92 Å². The van der Waals surface area contributed by atoms with Gasteiger partial charge in [0.05, 0.1) is 0 Å². The molecule has 0 aromatic rings. The second-order valence-corrected chi connectivity index (χ2v) is 4.84. The number of hydrogen-bond acceptors (Lipinski definition) is 2. The Labute approximate surface area is 93.0 Å². The third-order valence-electron chi connectivity index (χ3n) is 3.78. The van der Waals surface area contributed by atoms with E-state index >= 15 is 0 Å². The van der Waals surface area contributed by atoms with Gasteiger partial charge < -0.3 is 10.2 Å². The Kier molecular flexibility index (Phi) is 3.15. The molecule has 2 rings (SSSR count). The number of hydrogen-bond donors (Lipinski definition) is 1. The molecule has 0 bridgehead atoms. The van der Waals surface area contributed by atoms with Crippen LogP contribution in [-0.2, 0) is 0 Å². The maximum atomic E-state index is 3.40. The molecule has 1 aliphatic carbocycles. The summed E-state index contributed by atoms with van der Waals surface area (Å²) in [5.41, 5.74) is 4.59. The van der Waals surface area contributed by atoms with Crippen molar-refractivity contribution in [2.45, 2.75) is 27.2 Å². The van der Waals surface area contributed by atoms with Gasteiger partial charge in [-0.25, -0.2) is 0 Å². The maximum absolute atomic E-state index is 3.40. The van der Waals surface area contributed by atoms with E-state index in [4.69, 9.17) is 0 Å². The molecule has 0 saturated carbocycles. The van der Waals surface area contributed by atoms with E-state index in [1.165, 1.54) is 25.1 Å². The first-order valence-electron chi connectivity index (χ1n) is 6.02. The van der Waals surface area contributed by atoms with Crippen LogP contribution in [0.15, 0.2) is 22.9 Å². The van der Waals surface area contributed by atoms with Gasteiger partial charge in [0.25, 0.3) is 0 Å². The lowest BCUT2D eigenvalue weighted by molar-refractivity contribution is 0.282. The monoisotopic (exact) mass is 206 g/mol. The van der Waals surface area contributed by atoms with Crippen molar-refractivity contribution in [3.63, 3.8) is 0 Å². The fourth-order valence-electron chi connectivity index (χ4n) is 2.45. The SMILES string of the molecule is CC1=C(C)C(C)CC(N2CCNCC2)=C1. The Balaban J connectivity index is 2.13. The molecule has 2 nitrogen and oxygen atoms in total. The summed E-state index contributed by atoms with van der Waals surface area (Å²) in [4.78, 5) is 2.54. The fraction of sp³-hybridized carbons (Fsp3) is 0.692. The molecular weight excluding hydrogens is 184 g/mol. The molecule has 0 amide bonds. The molecule has 0 aromatic heterocycles. The maximum Gasteiger partial charge on any atom is 0.0300 e. The zero-order chi connectivity index (χ0) is 10.8. The van der Waals surface area contributed by atoms with Crippen LogP contribution in [-0.4, -0.2) is 31.1 Å². The fourth-order valence-corrected chi connectivity index (χ4v) is 2.45. The number of nitrogens with zero attached hydrogens (tertiary/aromatic N) is 1. The summed E-state index contributed by atoms with van der Waals surface area (Å²) in [6, 6.07) is 0. The average molecular weight is 206 g/mol. The van der Waals surface area contributed by atoms with E-state index in [-0.39, 0.29) is 0 Å². The quantitative estimate of drug-likeness (QED) is 0.707. The first-order chi connectivity index (χ1) is 7.18. The van der Waals surface area contributed by atoms with E-state index in [9.17, 15) is 0 Å². The van der Waals surface area contributed by atoms with E-state index in [1.54, 1.807) is 11.3 Å². The summed E-state index contributed by atoms with van der Waals surface area (Å²) in [6.45, 7) is 11.5. The second kappa shape index (κ2) is 4.40. The number of allylic oxidation sites excluding steroid dienone is 4. The summed E-state index contributed by atoms with van der Waals surface area (Å²) < 4.78 is 0. The molecule has 2 aliphatic rings. The van der Waals surface area contributed by atoms with Crippen LogP contribution in [0, 0.1) is 5.92 Å². The topological polar surface area (TPSA) is 15.3 Å². The Hall–Kier alpha value is -0.760. The Morgan fingerprint density at radius 1 is 1.27 bits per heavy atom. The van der Waals surface area contributed by atoms with Crippen LogP contribution >= 0.6 is 0 Å². The van der Waals surface area contributed by atoms with Crippen LogP contribution in [0.4, 0.5) is 0 Å². The summed E-state index contributed by atoms with van der Waals surface area (Å²) in [5.74, 6) is 0.722. The predicted molar refractivity (Wildman–Crippen MR) is 64.7 cm³/mol. The minimum atomic E-state index is 0.722. The third kappa shape index (κ3) is 2.25. The van der Waals surface area contributed by atoms with Crippen molar-refractivity contribution in [1.82, 2.24) is 10.2 Å². The minimum absolute atomic E-state index is 0.722. The molecule has 2 heteroatoms. The van der Waals surface area contributed by atoms with Crippen molar-refractivity contribution in [3.8, 4) is 0 Å². The number of nitrogens with one attached hydrogen (secondary N) is 1. The number of piperazine rings is 1. The smallest absolute Gasteiger partial charge is 0.0300 e. The van der Waals surface area contributed by atoms with Crippen LogP contribution in [0.2, 0.25) is 0 Å². The van der Waals surface area contributed by atoms with E-state index in [1.807, 2.05) is 0 Å². The Morgan fingerprint density at radius 3 is 2.53 bits per heavy atom. The summed E-state index contributed by atoms with van der Waals surface area (Å²) >= 11 is 0. The molecule has 1 heterocycles. The zero-order valence-corrected chi connectivity index (χ0v) is 10.1. The molecular formula is C13H22N2. The van der Waals surface area contributed by atoms with Gasteiger partial charge in [-0.1, -0.05) is 18.1 Å². The van der Waals surface area contributed by atoms with Crippen LogP contribution in [0.1, 0.15) is 27.2 Å². The van der Waals surface area contributed by atoms with Crippen molar-refractivity contribution >= 4 is 0 Å². The van der Waals surface area contributed by atoms with Gasteiger partial charge in [0.15, 0.2) is 0 Å².